The Morgan fingerprint density at radius 1 is 0.941 bits per heavy atom. The number of piperidine rings is 1. The highest BCUT2D eigenvalue weighted by Crippen LogP contribution is 2.59. The fourth-order valence-electron chi connectivity index (χ4n) is 7.86. The van der Waals surface area contributed by atoms with Crippen LogP contribution in [0.1, 0.15) is 97.8 Å². The lowest BCUT2D eigenvalue weighted by Crippen LogP contribution is -2.58. The van der Waals surface area contributed by atoms with Gasteiger partial charge in [0.1, 0.15) is 11.4 Å². The molecule has 7 heteroatoms. The van der Waals surface area contributed by atoms with E-state index in [1.807, 2.05) is 25.7 Å². The van der Waals surface area contributed by atoms with Gasteiger partial charge in [-0.2, -0.15) is 0 Å². The number of carbonyl (C=O) groups excluding carboxylic acids is 1. The number of carboxylic acid groups (broad SMARTS) is 1. The molecule has 7 aliphatic rings. The molecule has 0 aromatic rings. The van der Waals surface area contributed by atoms with Crippen molar-refractivity contribution in [1.29, 1.82) is 0 Å². The van der Waals surface area contributed by atoms with Crippen LogP contribution in [0.15, 0.2) is 11.3 Å². The normalized spacial score (nSPS) is 40.0. The summed E-state index contributed by atoms with van der Waals surface area (Å²) < 4.78 is 5.74. The second-order valence-electron chi connectivity index (χ2n) is 13.0. The molecule has 1 unspecified atom stereocenters. The third-order valence-corrected chi connectivity index (χ3v) is 9.58. The summed E-state index contributed by atoms with van der Waals surface area (Å²) in [7, 11) is 0. The van der Waals surface area contributed by atoms with Gasteiger partial charge >= 0.3 is 12.1 Å². The molecular formula is C27H40N2O5. The van der Waals surface area contributed by atoms with Gasteiger partial charge in [-0.1, -0.05) is 0 Å². The SMILES string of the molecule is CC(C)(C)OC(=O)N1[C@@H]2CC[C@H]1CC(N1OC(C3CC3)=C(C(=O)O)[C@H]1C13CCC(CC1)CC3)C2. The highest BCUT2D eigenvalue weighted by molar-refractivity contribution is 5.89. The van der Waals surface area contributed by atoms with Crippen molar-refractivity contribution in [2.24, 2.45) is 17.3 Å². The maximum atomic E-state index is 13.0. The summed E-state index contributed by atoms with van der Waals surface area (Å²) in [6.07, 6.45) is 12.5. The Hall–Kier alpha value is -1.76. The summed E-state index contributed by atoms with van der Waals surface area (Å²) in [5, 5.41) is 12.6. The molecule has 6 fully saturated rings. The summed E-state index contributed by atoms with van der Waals surface area (Å²) in [6.45, 7) is 5.75. The molecule has 34 heavy (non-hydrogen) atoms. The zero-order valence-corrected chi connectivity index (χ0v) is 20.9. The third-order valence-electron chi connectivity index (χ3n) is 9.58. The minimum Gasteiger partial charge on any atom is -0.478 e. The number of amides is 1. The van der Waals surface area contributed by atoms with Gasteiger partial charge in [0, 0.05) is 18.0 Å². The lowest BCUT2D eigenvalue weighted by Gasteiger charge is -2.53. The van der Waals surface area contributed by atoms with Crippen LogP contribution in [0.3, 0.4) is 0 Å². The first-order valence-corrected chi connectivity index (χ1v) is 13.6. The lowest BCUT2D eigenvalue weighted by atomic mass is 9.56. The molecule has 7 nitrogen and oxygen atoms in total. The highest BCUT2D eigenvalue weighted by Gasteiger charge is 2.59. The van der Waals surface area contributed by atoms with Crippen molar-refractivity contribution in [2.75, 3.05) is 0 Å². The van der Waals surface area contributed by atoms with E-state index < -0.39 is 11.6 Å². The van der Waals surface area contributed by atoms with Gasteiger partial charge in [0.25, 0.3) is 0 Å². The maximum Gasteiger partial charge on any atom is 0.410 e. The average molecular weight is 473 g/mol. The molecule has 3 heterocycles. The number of aliphatic carboxylic acids is 1. The molecule has 1 N–H and O–H groups in total. The van der Waals surface area contributed by atoms with Crippen molar-refractivity contribution < 1.29 is 24.3 Å². The maximum absolute atomic E-state index is 13.0. The number of carboxylic acids is 1. The van der Waals surface area contributed by atoms with Crippen molar-refractivity contribution in [3.8, 4) is 0 Å². The number of rotatable bonds is 4. The first-order valence-electron chi connectivity index (χ1n) is 13.6. The van der Waals surface area contributed by atoms with Crippen LogP contribution in [0.25, 0.3) is 0 Å². The van der Waals surface area contributed by atoms with Crippen molar-refractivity contribution in [3.63, 3.8) is 0 Å². The van der Waals surface area contributed by atoms with Gasteiger partial charge < -0.3 is 19.6 Å². The molecule has 4 saturated carbocycles. The van der Waals surface area contributed by atoms with E-state index in [0.29, 0.717) is 5.57 Å². The molecule has 4 bridgehead atoms. The van der Waals surface area contributed by atoms with Gasteiger partial charge in [-0.15, -0.1) is 5.06 Å². The van der Waals surface area contributed by atoms with Crippen LogP contribution >= 0.6 is 0 Å². The first-order chi connectivity index (χ1) is 16.2. The Morgan fingerprint density at radius 3 is 2.03 bits per heavy atom. The summed E-state index contributed by atoms with van der Waals surface area (Å²) >= 11 is 0. The molecule has 0 aromatic heterocycles. The van der Waals surface area contributed by atoms with Crippen LogP contribution in [0.5, 0.6) is 0 Å². The Morgan fingerprint density at radius 2 is 1.53 bits per heavy atom. The Labute approximate surface area is 202 Å². The molecule has 4 atom stereocenters. The molecule has 0 radical (unpaired) electrons. The fraction of sp³-hybridized carbons (Fsp3) is 0.852. The van der Waals surface area contributed by atoms with E-state index in [2.05, 4.69) is 5.06 Å². The monoisotopic (exact) mass is 472 g/mol. The van der Waals surface area contributed by atoms with Crippen LogP contribution in [0.2, 0.25) is 0 Å². The van der Waals surface area contributed by atoms with E-state index in [4.69, 9.17) is 9.57 Å². The molecule has 3 aliphatic heterocycles. The molecule has 0 aromatic carbocycles. The summed E-state index contributed by atoms with van der Waals surface area (Å²) in [6, 6.07) is 0.265. The number of nitrogens with zero attached hydrogens (tertiary/aromatic N) is 2. The van der Waals surface area contributed by atoms with E-state index in [-0.39, 0.29) is 41.6 Å². The van der Waals surface area contributed by atoms with Crippen LogP contribution in [-0.4, -0.2) is 56.9 Å². The van der Waals surface area contributed by atoms with Gasteiger partial charge in [0.15, 0.2) is 0 Å². The van der Waals surface area contributed by atoms with Crippen LogP contribution in [-0.2, 0) is 14.4 Å². The first kappa shape index (κ1) is 22.7. The molecule has 2 saturated heterocycles. The van der Waals surface area contributed by atoms with Crippen LogP contribution < -0.4 is 0 Å². The van der Waals surface area contributed by atoms with Crippen LogP contribution in [0.4, 0.5) is 4.79 Å². The summed E-state index contributed by atoms with van der Waals surface area (Å²) in [5.41, 5.74) is 0.0693. The lowest BCUT2D eigenvalue weighted by molar-refractivity contribution is -0.201. The van der Waals surface area contributed by atoms with Gasteiger partial charge in [0.05, 0.1) is 17.7 Å². The predicted molar refractivity (Wildman–Crippen MR) is 126 cm³/mol. The van der Waals surface area contributed by atoms with E-state index in [1.165, 1.54) is 19.3 Å². The number of carbonyl (C=O) groups is 2. The van der Waals surface area contributed by atoms with Crippen molar-refractivity contribution in [2.45, 2.75) is 128 Å². The van der Waals surface area contributed by atoms with Crippen LogP contribution in [0, 0.1) is 17.3 Å². The molecule has 7 rings (SSSR count). The Kier molecular flexibility index (Phi) is 5.25. The van der Waals surface area contributed by atoms with Gasteiger partial charge in [-0.05, 0) is 109 Å². The fourth-order valence-corrected chi connectivity index (χ4v) is 7.86. The summed E-state index contributed by atoms with van der Waals surface area (Å²) in [4.78, 5) is 34.2. The zero-order chi connectivity index (χ0) is 23.8. The average Bonchev–Trinajstić information content (AvgIpc) is 3.49. The molecular weight excluding hydrogens is 432 g/mol. The quantitative estimate of drug-likeness (QED) is 0.602. The Balaban J connectivity index is 1.29. The number of hydrogen-bond donors (Lipinski definition) is 1. The van der Waals surface area contributed by atoms with E-state index in [1.54, 1.807) is 0 Å². The number of hydrogen-bond acceptors (Lipinski definition) is 5. The van der Waals surface area contributed by atoms with Gasteiger partial charge in [0.2, 0.25) is 0 Å². The predicted octanol–water partition coefficient (Wildman–Crippen LogP) is 5.25. The second-order valence-corrected chi connectivity index (χ2v) is 13.0. The Bertz CT molecular complexity index is 867. The van der Waals surface area contributed by atoms with Gasteiger partial charge in [-0.25, -0.2) is 9.59 Å². The van der Waals surface area contributed by atoms with Crippen molar-refractivity contribution in [3.05, 3.63) is 11.3 Å². The molecule has 188 valence electrons. The standard InChI is InChI=1S/C27H40N2O5/c1-26(2,3)33-25(32)28-18-6-7-19(28)15-20(14-18)29-23(27-11-8-16(9-12-27)10-13-27)21(24(30)31)22(34-29)17-4-5-17/h16-20,23H,4-15H2,1-3H3,(H,30,31)/t16?,18-,19+,20?,23-,27?/m0/s1. The zero-order valence-electron chi connectivity index (χ0n) is 20.9. The summed E-state index contributed by atoms with van der Waals surface area (Å²) in [5.74, 6) is 1.06. The number of hydroxylamine groups is 2. The van der Waals surface area contributed by atoms with E-state index >= 15 is 0 Å². The van der Waals surface area contributed by atoms with Crippen molar-refractivity contribution >= 4 is 12.1 Å². The number of fused-ring (bicyclic) bond motifs is 5. The second kappa shape index (κ2) is 7.87. The number of ether oxygens (including phenoxy) is 1. The minimum absolute atomic E-state index is 0.0143. The largest absolute Gasteiger partial charge is 0.478 e. The number of allylic oxidation sites excluding steroid dienone is 1. The topological polar surface area (TPSA) is 79.3 Å². The molecule has 1 amide bonds. The highest BCUT2D eigenvalue weighted by atomic mass is 16.7. The smallest absolute Gasteiger partial charge is 0.410 e. The van der Waals surface area contributed by atoms with Crippen molar-refractivity contribution in [1.82, 2.24) is 9.96 Å². The van der Waals surface area contributed by atoms with E-state index in [0.717, 1.165) is 69.5 Å². The molecule has 0 spiro atoms. The van der Waals surface area contributed by atoms with Gasteiger partial charge in [-0.3, -0.25) is 0 Å². The minimum atomic E-state index is -0.786. The molecule has 4 aliphatic carbocycles. The van der Waals surface area contributed by atoms with E-state index in [9.17, 15) is 14.7 Å². The third kappa shape index (κ3) is 3.73.